The van der Waals surface area contributed by atoms with E-state index in [-0.39, 0.29) is 18.0 Å². The van der Waals surface area contributed by atoms with Gasteiger partial charge in [-0.05, 0) is 18.2 Å². The molecular formula is C15H18F3NO5S. The summed E-state index contributed by atoms with van der Waals surface area (Å²) >= 11 is 0. The summed E-state index contributed by atoms with van der Waals surface area (Å²) < 4.78 is 68.4. The number of nitrogens with zero attached hydrogens (tertiary/aromatic N) is 1. The van der Waals surface area contributed by atoms with Crippen LogP contribution in [0.4, 0.5) is 13.2 Å². The normalized spacial score (nSPS) is 22.1. The molecule has 2 atom stereocenters. The molecule has 0 aliphatic carbocycles. The van der Waals surface area contributed by atoms with Crippen LogP contribution in [0.15, 0.2) is 29.2 Å². The Kier molecular flexibility index (Phi) is 5.62. The second-order valence-electron chi connectivity index (χ2n) is 5.85. The minimum atomic E-state index is -4.64. The molecule has 1 fully saturated rings. The quantitative estimate of drug-likeness (QED) is 0.807. The molecule has 0 spiro atoms. The molecule has 1 aromatic carbocycles. The van der Waals surface area contributed by atoms with E-state index in [0.717, 1.165) is 0 Å². The van der Waals surface area contributed by atoms with Crippen molar-refractivity contribution in [1.82, 2.24) is 4.90 Å². The highest BCUT2D eigenvalue weighted by atomic mass is 32.2. The van der Waals surface area contributed by atoms with Crippen LogP contribution in [0, 0.1) is 11.8 Å². The van der Waals surface area contributed by atoms with Gasteiger partial charge >= 0.3 is 12.1 Å². The number of sulfone groups is 1. The summed E-state index contributed by atoms with van der Waals surface area (Å²) in [6, 6.07) is 5.78. The largest absolute Gasteiger partial charge is 0.497 e. The molecule has 2 rings (SSSR count). The Morgan fingerprint density at radius 2 is 2.04 bits per heavy atom. The first-order chi connectivity index (χ1) is 11.5. The summed E-state index contributed by atoms with van der Waals surface area (Å²) in [5.41, 5.74) is 0. The van der Waals surface area contributed by atoms with E-state index in [1.807, 2.05) is 0 Å². The predicted molar refractivity (Wildman–Crippen MR) is 82.2 cm³/mol. The highest BCUT2D eigenvalue weighted by Gasteiger charge is 2.52. The maximum absolute atomic E-state index is 12.9. The van der Waals surface area contributed by atoms with E-state index in [2.05, 4.69) is 0 Å². The van der Waals surface area contributed by atoms with Gasteiger partial charge in [-0.15, -0.1) is 0 Å². The minimum Gasteiger partial charge on any atom is -0.497 e. The smallest absolute Gasteiger partial charge is 0.393 e. The number of hydrogen-bond donors (Lipinski definition) is 1. The first kappa shape index (κ1) is 19.5. The molecule has 0 saturated carbocycles. The number of carboxylic acids is 1. The lowest BCUT2D eigenvalue weighted by atomic mass is 9.96. The Bertz CT molecular complexity index is 735. The Labute approximate surface area is 143 Å². The second kappa shape index (κ2) is 7.20. The van der Waals surface area contributed by atoms with Gasteiger partial charge in [-0.3, -0.25) is 4.79 Å². The van der Waals surface area contributed by atoms with Crippen LogP contribution in [0.1, 0.15) is 0 Å². The average molecular weight is 381 g/mol. The summed E-state index contributed by atoms with van der Waals surface area (Å²) in [6.45, 7) is -1.02. The molecule has 10 heteroatoms. The van der Waals surface area contributed by atoms with Gasteiger partial charge in [-0.2, -0.15) is 13.2 Å². The van der Waals surface area contributed by atoms with Crippen molar-refractivity contribution in [2.45, 2.75) is 11.1 Å². The molecule has 0 bridgehead atoms. The predicted octanol–water partition coefficient (Wildman–Crippen LogP) is 1.66. The van der Waals surface area contributed by atoms with Gasteiger partial charge in [-0.1, -0.05) is 6.07 Å². The third kappa shape index (κ3) is 4.63. The SMILES string of the molecule is COc1cccc(S(=O)(=O)CCN2C[C@@H](C(F)(F)F)[C@H](C(=O)O)C2)c1. The van der Waals surface area contributed by atoms with Crippen molar-refractivity contribution in [3.05, 3.63) is 24.3 Å². The molecule has 1 aliphatic rings. The highest BCUT2D eigenvalue weighted by Crippen LogP contribution is 2.37. The highest BCUT2D eigenvalue weighted by molar-refractivity contribution is 7.91. The van der Waals surface area contributed by atoms with Crippen LogP contribution in [0.25, 0.3) is 0 Å². The third-order valence-electron chi connectivity index (χ3n) is 4.21. The Hall–Kier alpha value is -1.81. The number of carboxylic acid groups (broad SMARTS) is 1. The lowest BCUT2D eigenvalue weighted by molar-refractivity contribution is -0.188. The van der Waals surface area contributed by atoms with Crippen LogP contribution in [0.2, 0.25) is 0 Å². The van der Waals surface area contributed by atoms with Crippen LogP contribution >= 0.6 is 0 Å². The lowest BCUT2D eigenvalue weighted by Crippen LogP contribution is -2.33. The number of aliphatic carboxylic acids is 1. The fourth-order valence-electron chi connectivity index (χ4n) is 2.81. The van der Waals surface area contributed by atoms with Crippen molar-refractivity contribution in [3.63, 3.8) is 0 Å². The van der Waals surface area contributed by atoms with E-state index in [1.165, 1.54) is 30.2 Å². The van der Waals surface area contributed by atoms with Gasteiger partial charge in [0.25, 0.3) is 0 Å². The molecule has 0 unspecified atom stereocenters. The standard InChI is InChI=1S/C15H18F3NO5S/c1-24-10-3-2-4-11(7-10)25(22,23)6-5-19-8-12(14(20)21)13(9-19)15(16,17)18/h2-4,7,12-13H,5-6,8-9H2,1H3,(H,20,21)/t12-,13-/m1/s1. The Balaban J connectivity index is 2.06. The fraction of sp³-hybridized carbons (Fsp3) is 0.533. The summed E-state index contributed by atoms with van der Waals surface area (Å²) in [5, 5.41) is 8.97. The van der Waals surface area contributed by atoms with Crippen molar-refractivity contribution in [2.75, 3.05) is 32.5 Å². The van der Waals surface area contributed by atoms with E-state index >= 15 is 0 Å². The number of likely N-dealkylation sites (tertiary alicyclic amines) is 1. The van der Waals surface area contributed by atoms with Crippen molar-refractivity contribution in [3.8, 4) is 5.75 Å². The van der Waals surface area contributed by atoms with Gasteiger partial charge in [0, 0.05) is 19.6 Å². The van der Waals surface area contributed by atoms with Crippen LogP contribution < -0.4 is 4.74 Å². The van der Waals surface area contributed by atoms with Crippen LogP contribution in [-0.2, 0) is 14.6 Å². The first-order valence-electron chi connectivity index (χ1n) is 7.43. The molecule has 1 heterocycles. The van der Waals surface area contributed by atoms with E-state index in [9.17, 15) is 26.4 Å². The first-order valence-corrected chi connectivity index (χ1v) is 9.08. The number of benzene rings is 1. The molecule has 1 N–H and O–H groups in total. The molecule has 6 nitrogen and oxygen atoms in total. The van der Waals surface area contributed by atoms with Gasteiger partial charge < -0.3 is 14.7 Å². The molecule has 140 valence electrons. The van der Waals surface area contributed by atoms with Crippen LogP contribution in [-0.4, -0.2) is 63.1 Å². The summed E-state index contributed by atoms with van der Waals surface area (Å²) in [4.78, 5) is 12.3. The van der Waals surface area contributed by atoms with Crippen molar-refractivity contribution in [2.24, 2.45) is 11.8 Å². The fourth-order valence-corrected chi connectivity index (χ4v) is 4.13. The molecule has 0 amide bonds. The second-order valence-corrected chi connectivity index (χ2v) is 7.96. The zero-order valence-corrected chi connectivity index (χ0v) is 14.2. The van der Waals surface area contributed by atoms with E-state index in [1.54, 1.807) is 6.07 Å². The molecule has 1 aromatic rings. The number of methoxy groups -OCH3 is 1. The van der Waals surface area contributed by atoms with Crippen molar-refractivity contribution >= 4 is 15.8 Å². The van der Waals surface area contributed by atoms with Gasteiger partial charge in [0.2, 0.25) is 0 Å². The Morgan fingerprint density at radius 1 is 1.36 bits per heavy atom. The van der Waals surface area contributed by atoms with Crippen molar-refractivity contribution in [1.29, 1.82) is 0 Å². The van der Waals surface area contributed by atoms with E-state index in [0.29, 0.717) is 5.75 Å². The summed E-state index contributed by atoms with van der Waals surface area (Å²) in [5.74, 6) is -5.16. The number of hydrogen-bond acceptors (Lipinski definition) is 5. The van der Waals surface area contributed by atoms with Crippen LogP contribution in [0.3, 0.4) is 0 Å². The number of carbonyl (C=O) groups is 1. The molecule has 1 saturated heterocycles. The number of halogens is 3. The zero-order valence-electron chi connectivity index (χ0n) is 13.4. The average Bonchev–Trinajstić information content (AvgIpc) is 2.98. The number of ether oxygens (including phenoxy) is 1. The monoisotopic (exact) mass is 381 g/mol. The molecule has 0 radical (unpaired) electrons. The minimum absolute atomic E-state index is 0.00760. The topological polar surface area (TPSA) is 83.9 Å². The number of rotatable bonds is 6. The summed E-state index contributed by atoms with van der Waals surface area (Å²) in [6.07, 6.45) is -4.64. The van der Waals surface area contributed by atoms with E-state index < -0.39 is 46.1 Å². The van der Waals surface area contributed by atoms with E-state index in [4.69, 9.17) is 9.84 Å². The summed E-state index contributed by atoms with van der Waals surface area (Å²) in [7, 11) is -2.33. The third-order valence-corrected chi connectivity index (χ3v) is 5.90. The Morgan fingerprint density at radius 3 is 2.56 bits per heavy atom. The molecular weight excluding hydrogens is 363 g/mol. The molecule has 0 aromatic heterocycles. The number of alkyl halides is 3. The maximum atomic E-state index is 12.9. The molecule has 1 aliphatic heterocycles. The van der Waals surface area contributed by atoms with Gasteiger partial charge in [0.1, 0.15) is 5.75 Å². The zero-order chi connectivity index (χ0) is 18.8. The maximum Gasteiger partial charge on any atom is 0.393 e. The molecule has 25 heavy (non-hydrogen) atoms. The van der Waals surface area contributed by atoms with Gasteiger partial charge in [0.05, 0.1) is 29.6 Å². The van der Waals surface area contributed by atoms with Crippen LogP contribution in [0.5, 0.6) is 5.75 Å². The van der Waals surface area contributed by atoms with Gasteiger partial charge in [0.15, 0.2) is 9.84 Å². The van der Waals surface area contributed by atoms with Crippen molar-refractivity contribution < 1.29 is 36.2 Å². The lowest BCUT2D eigenvalue weighted by Gasteiger charge is -2.18. The van der Waals surface area contributed by atoms with Gasteiger partial charge in [-0.25, -0.2) is 8.42 Å².